The number of nitrogens with zero attached hydrogens (tertiary/aromatic N) is 1. The van der Waals surface area contributed by atoms with Crippen LogP contribution in [0.25, 0.3) is 0 Å². The molecule has 0 aromatic carbocycles. The van der Waals surface area contributed by atoms with Gasteiger partial charge in [-0.3, -0.25) is 13.8 Å². The molecular weight excluding hydrogens is 671 g/mol. The van der Waals surface area contributed by atoms with E-state index in [1.165, 1.54) is 57.8 Å². The fraction of sp³-hybridized carbons (Fsp3) is 0.698. The molecule has 0 saturated heterocycles. The largest absolute Gasteiger partial charge is 0.472 e. The standard InChI is InChI=1S/C43H77N2O6P/c1-6-8-10-12-14-16-18-20-21-22-23-25-27-29-31-33-35-37-43(47)44-41(40-51-52(48,49)50-39-38-45(3,4)5)42(46)36-34-32-30-28-26-24-19-17-15-13-11-9-7-2/h8,10,14,16,20-21,23,25,29,31,34,36,41-42,46H,6-7,9,11-13,15,17-19,22,24,26-28,30,32-33,35,37-40H2,1-5H3,(H-,44,47,48,49)/p+1/b10-8-,16-14-,21-20-,25-23-,31-29-,36-34+/t41?,42-/m1/s1. The van der Waals surface area contributed by atoms with Crippen LogP contribution < -0.4 is 5.32 Å². The molecule has 0 fully saturated rings. The first-order valence-corrected chi connectivity index (χ1v) is 21.8. The van der Waals surface area contributed by atoms with Crippen molar-refractivity contribution in [3.05, 3.63) is 72.9 Å². The third-order valence-electron chi connectivity index (χ3n) is 8.43. The molecule has 0 heterocycles. The van der Waals surface area contributed by atoms with Crippen molar-refractivity contribution in [2.75, 3.05) is 40.9 Å². The van der Waals surface area contributed by atoms with Gasteiger partial charge in [0, 0.05) is 6.42 Å². The van der Waals surface area contributed by atoms with E-state index >= 15 is 0 Å². The van der Waals surface area contributed by atoms with Gasteiger partial charge in [-0.15, -0.1) is 0 Å². The van der Waals surface area contributed by atoms with Gasteiger partial charge in [0.05, 0.1) is 39.9 Å². The van der Waals surface area contributed by atoms with Crippen LogP contribution in [-0.2, 0) is 18.4 Å². The van der Waals surface area contributed by atoms with Gasteiger partial charge in [-0.25, -0.2) is 4.57 Å². The number of carbonyl (C=O) groups is 1. The zero-order chi connectivity index (χ0) is 38.6. The molecule has 0 spiro atoms. The van der Waals surface area contributed by atoms with E-state index in [-0.39, 0.29) is 25.5 Å². The molecule has 0 bridgehead atoms. The smallest absolute Gasteiger partial charge is 0.387 e. The van der Waals surface area contributed by atoms with E-state index in [1.807, 2.05) is 27.2 Å². The number of hydrogen-bond donors (Lipinski definition) is 3. The molecule has 0 aliphatic heterocycles. The van der Waals surface area contributed by atoms with Crippen molar-refractivity contribution in [2.24, 2.45) is 0 Å². The van der Waals surface area contributed by atoms with Gasteiger partial charge in [0.15, 0.2) is 0 Å². The number of amides is 1. The number of likely N-dealkylation sites (N-methyl/N-ethyl adjacent to an activating group) is 1. The highest BCUT2D eigenvalue weighted by molar-refractivity contribution is 7.47. The molecule has 3 atom stereocenters. The van der Waals surface area contributed by atoms with Crippen LogP contribution in [0.3, 0.4) is 0 Å². The van der Waals surface area contributed by atoms with Crippen molar-refractivity contribution >= 4 is 13.7 Å². The molecule has 0 rings (SSSR count). The summed E-state index contributed by atoms with van der Waals surface area (Å²) >= 11 is 0. The van der Waals surface area contributed by atoms with E-state index in [0.717, 1.165) is 57.8 Å². The molecule has 3 N–H and O–H groups in total. The van der Waals surface area contributed by atoms with E-state index in [9.17, 15) is 19.4 Å². The summed E-state index contributed by atoms with van der Waals surface area (Å²) in [6.45, 7) is 4.62. The summed E-state index contributed by atoms with van der Waals surface area (Å²) in [5, 5.41) is 13.7. The molecule has 52 heavy (non-hydrogen) atoms. The van der Waals surface area contributed by atoms with Crippen molar-refractivity contribution in [1.82, 2.24) is 5.32 Å². The van der Waals surface area contributed by atoms with Crippen LogP contribution in [0.5, 0.6) is 0 Å². The number of unbranched alkanes of at least 4 members (excludes halogenated alkanes) is 12. The Morgan fingerprint density at radius 3 is 1.67 bits per heavy atom. The van der Waals surface area contributed by atoms with Crippen LogP contribution in [-0.4, -0.2) is 73.4 Å². The Morgan fingerprint density at radius 2 is 1.15 bits per heavy atom. The fourth-order valence-corrected chi connectivity index (χ4v) is 5.93. The Hall–Kier alpha value is -2.06. The minimum Gasteiger partial charge on any atom is -0.387 e. The van der Waals surface area contributed by atoms with Crippen molar-refractivity contribution < 1.29 is 32.9 Å². The normalized spacial score (nSPS) is 15.3. The van der Waals surface area contributed by atoms with Crippen LogP contribution in [0.4, 0.5) is 0 Å². The lowest BCUT2D eigenvalue weighted by molar-refractivity contribution is -0.870. The summed E-state index contributed by atoms with van der Waals surface area (Å²) in [5.74, 6) is -0.238. The highest BCUT2D eigenvalue weighted by Crippen LogP contribution is 2.43. The summed E-state index contributed by atoms with van der Waals surface area (Å²) in [4.78, 5) is 23.0. The van der Waals surface area contributed by atoms with Crippen LogP contribution in [0.2, 0.25) is 0 Å². The Balaban J connectivity index is 4.62. The van der Waals surface area contributed by atoms with E-state index in [0.29, 0.717) is 17.4 Å². The first kappa shape index (κ1) is 49.9. The molecule has 0 saturated carbocycles. The molecule has 0 aliphatic carbocycles. The summed E-state index contributed by atoms with van der Waals surface area (Å²) in [6.07, 6.45) is 45.4. The molecule has 0 aliphatic rings. The molecule has 0 aromatic rings. The van der Waals surface area contributed by atoms with Gasteiger partial charge < -0.3 is 19.8 Å². The Bertz CT molecular complexity index is 1080. The lowest BCUT2D eigenvalue weighted by Crippen LogP contribution is -2.45. The molecule has 8 nitrogen and oxygen atoms in total. The second kappa shape index (κ2) is 34.7. The molecule has 0 aromatic heterocycles. The van der Waals surface area contributed by atoms with Gasteiger partial charge in [0.2, 0.25) is 5.91 Å². The van der Waals surface area contributed by atoms with Gasteiger partial charge in [-0.1, -0.05) is 151 Å². The van der Waals surface area contributed by atoms with E-state index in [2.05, 4.69) is 79.9 Å². The number of aliphatic hydroxyl groups is 1. The maximum Gasteiger partial charge on any atom is 0.472 e. The fourth-order valence-electron chi connectivity index (χ4n) is 5.19. The minimum absolute atomic E-state index is 0.0471. The quantitative estimate of drug-likeness (QED) is 0.0258. The van der Waals surface area contributed by atoms with E-state index < -0.39 is 20.0 Å². The minimum atomic E-state index is -4.35. The van der Waals surface area contributed by atoms with Crippen LogP contribution in [0.15, 0.2) is 72.9 Å². The van der Waals surface area contributed by atoms with Gasteiger partial charge in [-0.05, 0) is 57.8 Å². The Morgan fingerprint density at radius 1 is 0.673 bits per heavy atom. The van der Waals surface area contributed by atoms with E-state index in [1.54, 1.807) is 6.08 Å². The molecule has 9 heteroatoms. The summed E-state index contributed by atoms with van der Waals surface area (Å²) in [5.41, 5.74) is 0. The average molecular weight is 750 g/mol. The van der Waals surface area contributed by atoms with E-state index in [4.69, 9.17) is 9.05 Å². The number of quaternary nitrogens is 1. The number of phosphoric ester groups is 1. The van der Waals surface area contributed by atoms with Crippen LogP contribution >= 0.6 is 7.82 Å². The summed E-state index contributed by atoms with van der Waals surface area (Å²) in [6, 6.07) is -0.878. The SMILES string of the molecule is CC/C=C\C/C=C\C/C=C\C/C=C\C/C=C\CCCC(=O)NC(COP(=O)(O)OCC[N+](C)(C)C)[C@H](O)/C=C/CCCCCCCCCCCCC. The zero-order valence-electron chi connectivity index (χ0n) is 33.8. The molecule has 0 radical (unpaired) electrons. The predicted octanol–water partition coefficient (Wildman–Crippen LogP) is 10.9. The maximum atomic E-state index is 12.8. The molecule has 300 valence electrons. The Labute approximate surface area is 319 Å². The lowest BCUT2D eigenvalue weighted by Gasteiger charge is -2.25. The number of rotatable bonds is 35. The summed E-state index contributed by atoms with van der Waals surface area (Å²) in [7, 11) is 1.52. The van der Waals surface area contributed by atoms with Gasteiger partial charge in [0.25, 0.3) is 0 Å². The third-order valence-corrected chi connectivity index (χ3v) is 9.42. The Kier molecular flexibility index (Phi) is 33.3. The lowest BCUT2D eigenvalue weighted by atomic mass is 10.0. The highest BCUT2D eigenvalue weighted by Gasteiger charge is 2.27. The van der Waals surface area contributed by atoms with Crippen molar-refractivity contribution in [3.63, 3.8) is 0 Å². The third kappa shape index (κ3) is 36.3. The summed E-state index contributed by atoms with van der Waals surface area (Å²) < 4.78 is 23.4. The second-order valence-electron chi connectivity index (χ2n) is 14.6. The van der Waals surface area contributed by atoms with Crippen molar-refractivity contribution in [3.8, 4) is 0 Å². The monoisotopic (exact) mass is 750 g/mol. The van der Waals surface area contributed by atoms with Gasteiger partial charge in [0.1, 0.15) is 13.2 Å². The number of hydrogen-bond acceptors (Lipinski definition) is 5. The maximum absolute atomic E-state index is 12.8. The van der Waals surface area contributed by atoms with Crippen LogP contribution in [0, 0.1) is 0 Å². The molecule has 2 unspecified atom stereocenters. The number of allylic oxidation sites excluding steroid dienone is 11. The topological polar surface area (TPSA) is 105 Å². The first-order valence-electron chi connectivity index (χ1n) is 20.3. The van der Waals surface area contributed by atoms with Crippen molar-refractivity contribution in [2.45, 2.75) is 154 Å². The van der Waals surface area contributed by atoms with Gasteiger partial charge >= 0.3 is 7.82 Å². The average Bonchev–Trinajstić information content (AvgIpc) is 3.09. The van der Waals surface area contributed by atoms with Crippen LogP contribution in [0.1, 0.15) is 142 Å². The van der Waals surface area contributed by atoms with Crippen molar-refractivity contribution in [1.29, 1.82) is 0 Å². The number of phosphoric acid groups is 1. The highest BCUT2D eigenvalue weighted by atomic mass is 31.2. The predicted molar refractivity (Wildman–Crippen MR) is 221 cm³/mol. The second-order valence-corrected chi connectivity index (χ2v) is 16.1. The number of aliphatic hydroxyl groups excluding tert-OH is 1. The number of carbonyl (C=O) groups excluding carboxylic acids is 1. The first-order chi connectivity index (χ1) is 25.0. The van der Waals surface area contributed by atoms with Gasteiger partial charge in [-0.2, -0.15) is 0 Å². The number of nitrogens with one attached hydrogen (secondary N) is 1. The molecular formula is C43H78N2O6P+. The zero-order valence-corrected chi connectivity index (χ0v) is 34.7. The molecule has 1 amide bonds.